The molecule has 2 heterocycles. The number of hydrogen-bond donors (Lipinski definition) is 2. The number of carbonyl (C=O) groups is 1. The molecule has 5 rings (SSSR count). The highest BCUT2D eigenvalue weighted by Gasteiger charge is 2.30. The van der Waals surface area contributed by atoms with Crippen molar-refractivity contribution in [3.05, 3.63) is 65.8 Å². The second kappa shape index (κ2) is 8.05. The van der Waals surface area contributed by atoms with Gasteiger partial charge >= 0.3 is 0 Å². The molecule has 2 aromatic carbocycles. The summed E-state index contributed by atoms with van der Waals surface area (Å²) in [5.74, 6) is -0.218. The molecule has 0 spiro atoms. The van der Waals surface area contributed by atoms with E-state index < -0.39 is 15.9 Å². The fourth-order valence-electron chi connectivity index (χ4n) is 3.31. The van der Waals surface area contributed by atoms with E-state index in [0.29, 0.717) is 5.69 Å². The molecule has 1 saturated carbocycles. The van der Waals surface area contributed by atoms with Crippen LogP contribution >= 0.6 is 11.3 Å². The van der Waals surface area contributed by atoms with Gasteiger partial charge in [-0.25, -0.2) is 18.1 Å². The first kappa shape index (κ1) is 20.7. The third-order valence-corrected chi connectivity index (χ3v) is 7.46. The van der Waals surface area contributed by atoms with Crippen LogP contribution in [0, 0.1) is 0 Å². The van der Waals surface area contributed by atoms with E-state index in [9.17, 15) is 13.2 Å². The minimum Gasteiger partial charge on any atom is -0.495 e. The number of sulfonamides is 1. The molecule has 0 bridgehead atoms. The van der Waals surface area contributed by atoms with Crippen molar-refractivity contribution < 1.29 is 17.9 Å². The Kier molecular flexibility index (Phi) is 5.20. The molecule has 10 heteroatoms. The van der Waals surface area contributed by atoms with Crippen LogP contribution in [0.25, 0.3) is 16.2 Å². The van der Waals surface area contributed by atoms with Crippen molar-refractivity contribution in [1.29, 1.82) is 0 Å². The van der Waals surface area contributed by atoms with E-state index in [1.165, 1.54) is 25.3 Å². The highest BCUT2D eigenvalue weighted by Crippen LogP contribution is 2.29. The Morgan fingerprint density at radius 1 is 1.19 bits per heavy atom. The number of fused-ring (bicyclic) bond motifs is 1. The van der Waals surface area contributed by atoms with Crippen molar-refractivity contribution in [2.75, 3.05) is 12.4 Å². The number of nitrogens with zero attached hydrogens (tertiary/aromatic N) is 2. The molecule has 1 fully saturated rings. The third kappa shape index (κ3) is 4.12. The maximum absolute atomic E-state index is 12.8. The molecule has 2 N–H and O–H groups in total. The minimum absolute atomic E-state index is 0.0466. The summed E-state index contributed by atoms with van der Waals surface area (Å²) in [6.07, 6.45) is 5.53. The van der Waals surface area contributed by atoms with Crippen LogP contribution in [-0.2, 0) is 10.0 Å². The lowest BCUT2D eigenvalue weighted by Crippen LogP contribution is -2.26. The van der Waals surface area contributed by atoms with Crippen molar-refractivity contribution >= 4 is 37.9 Å². The number of methoxy groups -OCH3 is 1. The Balaban J connectivity index is 1.35. The number of anilines is 1. The summed E-state index contributed by atoms with van der Waals surface area (Å²) in [5, 5.41) is 4.78. The smallest absolute Gasteiger partial charge is 0.255 e. The number of rotatable bonds is 7. The van der Waals surface area contributed by atoms with Crippen LogP contribution in [0.3, 0.4) is 0 Å². The van der Waals surface area contributed by atoms with E-state index >= 15 is 0 Å². The molecule has 164 valence electrons. The number of ether oxygens (including phenoxy) is 1. The number of benzene rings is 2. The second-order valence-electron chi connectivity index (χ2n) is 7.51. The van der Waals surface area contributed by atoms with Crippen LogP contribution in [-0.4, -0.2) is 36.9 Å². The SMILES string of the molecule is COc1ccc(C(=O)Nc2ccc(-c3cn4ccsc4n3)cc2)cc1S(=O)(=O)NC1CC1. The van der Waals surface area contributed by atoms with Crippen molar-refractivity contribution in [1.82, 2.24) is 14.1 Å². The molecule has 1 aliphatic carbocycles. The Morgan fingerprint density at radius 2 is 1.97 bits per heavy atom. The summed E-state index contributed by atoms with van der Waals surface area (Å²) in [5.41, 5.74) is 2.60. The summed E-state index contributed by atoms with van der Waals surface area (Å²) >= 11 is 1.56. The first-order valence-electron chi connectivity index (χ1n) is 9.97. The van der Waals surface area contributed by atoms with Crippen molar-refractivity contribution in [2.45, 2.75) is 23.8 Å². The molecular formula is C22H20N4O4S2. The van der Waals surface area contributed by atoms with Gasteiger partial charge < -0.3 is 10.1 Å². The molecular weight excluding hydrogens is 448 g/mol. The first-order valence-corrected chi connectivity index (χ1v) is 12.3. The third-order valence-electron chi connectivity index (χ3n) is 5.15. The minimum atomic E-state index is -3.77. The van der Waals surface area contributed by atoms with E-state index in [1.54, 1.807) is 23.5 Å². The van der Waals surface area contributed by atoms with Gasteiger partial charge in [0.15, 0.2) is 4.96 Å². The van der Waals surface area contributed by atoms with Crippen molar-refractivity contribution in [3.63, 3.8) is 0 Å². The van der Waals surface area contributed by atoms with Gasteiger partial charge in [-0.1, -0.05) is 12.1 Å². The Morgan fingerprint density at radius 3 is 2.66 bits per heavy atom. The molecule has 0 atom stereocenters. The van der Waals surface area contributed by atoms with Crippen LogP contribution in [0.1, 0.15) is 23.2 Å². The van der Waals surface area contributed by atoms with Crippen molar-refractivity contribution in [3.8, 4) is 17.0 Å². The number of hydrogen-bond acceptors (Lipinski definition) is 6. The molecule has 4 aromatic rings. The summed E-state index contributed by atoms with van der Waals surface area (Å²) in [6.45, 7) is 0. The van der Waals surface area contributed by atoms with Crippen LogP contribution in [0.2, 0.25) is 0 Å². The molecule has 1 aliphatic rings. The maximum Gasteiger partial charge on any atom is 0.255 e. The van der Waals surface area contributed by atoms with Crippen LogP contribution in [0.5, 0.6) is 5.75 Å². The van der Waals surface area contributed by atoms with Gasteiger partial charge in [0.2, 0.25) is 10.0 Å². The molecule has 1 amide bonds. The normalized spacial score (nSPS) is 13.9. The highest BCUT2D eigenvalue weighted by molar-refractivity contribution is 7.89. The van der Waals surface area contributed by atoms with Crippen LogP contribution in [0.15, 0.2) is 65.1 Å². The summed E-state index contributed by atoms with van der Waals surface area (Å²) in [6, 6.07) is 11.7. The molecule has 0 saturated heterocycles. The number of aromatic nitrogens is 2. The van der Waals surface area contributed by atoms with Gasteiger partial charge in [-0.3, -0.25) is 9.20 Å². The fourth-order valence-corrected chi connectivity index (χ4v) is 5.51. The van der Waals surface area contributed by atoms with Crippen LogP contribution in [0.4, 0.5) is 5.69 Å². The largest absolute Gasteiger partial charge is 0.495 e. The molecule has 2 aromatic heterocycles. The summed E-state index contributed by atoms with van der Waals surface area (Å²) < 4.78 is 35.1. The monoisotopic (exact) mass is 468 g/mol. The van der Waals surface area contributed by atoms with E-state index in [-0.39, 0.29) is 22.3 Å². The van der Waals surface area contributed by atoms with Gasteiger partial charge in [0, 0.05) is 40.6 Å². The van der Waals surface area contributed by atoms with Gasteiger partial charge in [0.25, 0.3) is 5.91 Å². The van der Waals surface area contributed by atoms with E-state index in [0.717, 1.165) is 29.1 Å². The molecule has 0 unspecified atom stereocenters. The van der Waals surface area contributed by atoms with Gasteiger partial charge in [-0.15, -0.1) is 11.3 Å². The lowest BCUT2D eigenvalue weighted by Gasteiger charge is -2.12. The number of carbonyl (C=O) groups excluding carboxylic acids is 1. The standard InChI is InChI=1S/C22H20N4O4S2/c1-30-19-9-4-15(12-20(19)32(28,29)25-17-7-8-17)21(27)23-16-5-2-14(3-6-16)18-13-26-10-11-31-22(26)24-18/h2-6,9-13,17,25H,7-8H2,1H3,(H,23,27). The Bertz CT molecular complexity index is 1370. The Labute approximate surface area is 188 Å². The highest BCUT2D eigenvalue weighted by atomic mass is 32.2. The maximum atomic E-state index is 12.8. The zero-order valence-corrected chi connectivity index (χ0v) is 18.7. The quantitative estimate of drug-likeness (QED) is 0.430. The van der Waals surface area contributed by atoms with Gasteiger partial charge in [0.05, 0.1) is 12.8 Å². The van der Waals surface area contributed by atoms with Crippen LogP contribution < -0.4 is 14.8 Å². The average Bonchev–Trinajstić information content (AvgIpc) is 3.31. The van der Waals surface area contributed by atoms with Gasteiger partial charge in [-0.2, -0.15) is 0 Å². The first-order chi connectivity index (χ1) is 15.4. The molecule has 0 radical (unpaired) electrons. The molecule has 32 heavy (non-hydrogen) atoms. The average molecular weight is 469 g/mol. The lowest BCUT2D eigenvalue weighted by molar-refractivity contribution is 0.102. The molecule has 0 aliphatic heterocycles. The molecule has 8 nitrogen and oxygen atoms in total. The topological polar surface area (TPSA) is 102 Å². The van der Waals surface area contributed by atoms with E-state index in [1.807, 2.05) is 34.3 Å². The van der Waals surface area contributed by atoms with Gasteiger partial charge in [0.1, 0.15) is 10.6 Å². The zero-order valence-electron chi connectivity index (χ0n) is 17.1. The number of thiazole rings is 1. The van der Waals surface area contributed by atoms with E-state index in [2.05, 4.69) is 15.0 Å². The van der Waals surface area contributed by atoms with E-state index in [4.69, 9.17) is 4.74 Å². The number of nitrogens with one attached hydrogen (secondary N) is 2. The Hall–Kier alpha value is -3.21. The second-order valence-corrected chi connectivity index (χ2v) is 10.1. The summed E-state index contributed by atoms with van der Waals surface area (Å²) in [4.78, 5) is 18.2. The fraction of sp³-hybridized carbons (Fsp3) is 0.182. The summed E-state index contributed by atoms with van der Waals surface area (Å²) in [7, 11) is -2.38. The predicted molar refractivity (Wildman–Crippen MR) is 123 cm³/mol. The lowest BCUT2D eigenvalue weighted by atomic mass is 10.1. The zero-order chi connectivity index (χ0) is 22.3. The van der Waals surface area contributed by atoms with Gasteiger partial charge in [-0.05, 0) is 43.2 Å². The number of amides is 1. The van der Waals surface area contributed by atoms with Crippen molar-refractivity contribution in [2.24, 2.45) is 0 Å². The predicted octanol–water partition coefficient (Wildman–Crippen LogP) is 3.76. The number of imidazole rings is 1.